The number of esters is 1. The second-order valence-corrected chi connectivity index (χ2v) is 10.9. The van der Waals surface area contributed by atoms with Crippen LogP contribution in [0, 0.1) is 12.8 Å². The Morgan fingerprint density at radius 3 is 2.49 bits per heavy atom. The Balaban J connectivity index is 1.55. The van der Waals surface area contributed by atoms with Gasteiger partial charge in [0.15, 0.2) is 0 Å². The van der Waals surface area contributed by atoms with Crippen LogP contribution in [-0.4, -0.2) is 42.5 Å². The minimum absolute atomic E-state index is 0.0713. The lowest BCUT2D eigenvalue weighted by atomic mass is 9.88. The predicted molar refractivity (Wildman–Crippen MR) is 150 cm³/mol. The second-order valence-electron chi connectivity index (χ2n) is 10.9. The molecular formula is C32H45NO4. The van der Waals surface area contributed by atoms with Gasteiger partial charge in [0.2, 0.25) is 0 Å². The first kappa shape index (κ1) is 29.1. The van der Waals surface area contributed by atoms with Crippen LogP contribution in [0.4, 0.5) is 0 Å². The quantitative estimate of drug-likeness (QED) is 0.244. The van der Waals surface area contributed by atoms with Gasteiger partial charge in [-0.2, -0.15) is 0 Å². The third-order valence-electron chi connectivity index (χ3n) is 7.17. The Bertz CT molecular complexity index is 1020. The SMILES string of the molecule is CCC[C@@H](OC[C@H](O)CNC(C)(C)CC1Cc2ccccc2C1)c1cccc(C)c1C=CC(=O)OCC. The Morgan fingerprint density at radius 1 is 1.14 bits per heavy atom. The zero-order valence-electron chi connectivity index (χ0n) is 23.3. The summed E-state index contributed by atoms with van der Waals surface area (Å²) in [7, 11) is 0. The van der Waals surface area contributed by atoms with Gasteiger partial charge >= 0.3 is 5.97 Å². The minimum atomic E-state index is -0.609. The molecule has 0 unspecified atom stereocenters. The first-order chi connectivity index (χ1) is 17.7. The average molecular weight is 508 g/mol. The van der Waals surface area contributed by atoms with Gasteiger partial charge in [-0.25, -0.2) is 4.79 Å². The van der Waals surface area contributed by atoms with Gasteiger partial charge in [0.1, 0.15) is 0 Å². The molecule has 1 aliphatic carbocycles. The van der Waals surface area contributed by atoms with E-state index in [0.29, 0.717) is 19.1 Å². The summed E-state index contributed by atoms with van der Waals surface area (Å²) in [5.41, 5.74) is 5.96. The summed E-state index contributed by atoms with van der Waals surface area (Å²) in [5, 5.41) is 14.4. The molecule has 37 heavy (non-hydrogen) atoms. The van der Waals surface area contributed by atoms with E-state index in [1.54, 1.807) is 6.92 Å². The molecule has 2 aromatic carbocycles. The Morgan fingerprint density at radius 2 is 1.84 bits per heavy atom. The fraction of sp³-hybridized carbons (Fsp3) is 0.531. The number of fused-ring (bicyclic) bond motifs is 1. The van der Waals surface area contributed by atoms with Crippen molar-refractivity contribution in [2.24, 2.45) is 5.92 Å². The lowest BCUT2D eigenvalue weighted by molar-refractivity contribution is -0.137. The third-order valence-corrected chi connectivity index (χ3v) is 7.17. The van der Waals surface area contributed by atoms with E-state index in [-0.39, 0.29) is 24.2 Å². The van der Waals surface area contributed by atoms with E-state index in [1.165, 1.54) is 17.2 Å². The van der Waals surface area contributed by atoms with E-state index < -0.39 is 6.10 Å². The summed E-state index contributed by atoms with van der Waals surface area (Å²) in [5.74, 6) is 0.278. The maximum absolute atomic E-state index is 11.9. The molecule has 0 bridgehead atoms. The minimum Gasteiger partial charge on any atom is -0.463 e. The number of aryl methyl sites for hydroxylation is 1. The number of carbonyl (C=O) groups is 1. The summed E-state index contributed by atoms with van der Waals surface area (Å²) in [6.07, 6.45) is 7.63. The summed E-state index contributed by atoms with van der Waals surface area (Å²) in [6, 6.07) is 14.8. The number of aliphatic hydroxyl groups is 1. The van der Waals surface area contributed by atoms with Crippen molar-refractivity contribution in [1.82, 2.24) is 5.32 Å². The molecule has 3 rings (SSSR count). The highest BCUT2D eigenvalue weighted by molar-refractivity contribution is 5.87. The lowest BCUT2D eigenvalue weighted by Gasteiger charge is -2.31. The van der Waals surface area contributed by atoms with E-state index >= 15 is 0 Å². The zero-order chi connectivity index (χ0) is 26.8. The molecule has 202 valence electrons. The molecule has 2 atom stereocenters. The van der Waals surface area contributed by atoms with Gasteiger partial charge in [-0.1, -0.05) is 55.8 Å². The Hall–Kier alpha value is -2.47. The molecule has 0 saturated heterocycles. The van der Waals surface area contributed by atoms with Crippen molar-refractivity contribution in [3.63, 3.8) is 0 Å². The summed E-state index contributed by atoms with van der Waals surface area (Å²) >= 11 is 0. The molecular weight excluding hydrogens is 462 g/mol. The lowest BCUT2D eigenvalue weighted by Crippen LogP contribution is -2.45. The van der Waals surface area contributed by atoms with Crippen LogP contribution in [0.25, 0.3) is 6.08 Å². The number of aliphatic hydroxyl groups excluding tert-OH is 1. The summed E-state index contributed by atoms with van der Waals surface area (Å²) in [6.45, 7) is 11.5. The van der Waals surface area contributed by atoms with Gasteiger partial charge in [-0.15, -0.1) is 0 Å². The van der Waals surface area contributed by atoms with Gasteiger partial charge in [0.25, 0.3) is 0 Å². The highest BCUT2D eigenvalue weighted by Gasteiger charge is 2.28. The van der Waals surface area contributed by atoms with E-state index in [4.69, 9.17) is 9.47 Å². The number of nitrogens with one attached hydrogen (secondary N) is 1. The smallest absolute Gasteiger partial charge is 0.330 e. The van der Waals surface area contributed by atoms with Crippen LogP contribution in [-0.2, 0) is 27.1 Å². The number of benzene rings is 2. The first-order valence-corrected chi connectivity index (χ1v) is 13.8. The predicted octanol–water partition coefficient (Wildman–Crippen LogP) is 5.96. The molecule has 5 nitrogen and oxygen atoms in total. The molecule has 0 aromatic heterocycles. The van der Waals surface area contributed by atoms with Crippen LogP contribution < -0.4 is 5.32 Å². The fourth-order valence-electron chi connectivity index (χ4n) is 5.41. The number of hydrogen-bond acceptors (Lipinski definition) is 5. The van der Waals surface area contributed by atoms with Crippen LogP contribution in [0.2, 0.25) is 0 Å². The maximum Gasteiger partial charge on any atom is 0.330 e. The topological polar surface area (TPSA) is 67.8 Å². The Labute approximate surface area is 223 Å². The van der Waals surface area contributed by atoms with Crippen molar-refractivity contribution in [1.29, 1.82) is 0 Å². The van der Waals surface area contributed by atoms with Crippen molar-refractivity contribution in [2.75, 3.05) is 19.8 Å². The Kier molecular flexibility index (Phi) is 10.9. The molecule has 0 radical (unpaired) electrons. The van der Waals surface area contributed by atoms with E-state index in [9.17, 15) is 9.90 Å². The number of β-amino-alcohol motifs (C(OH)–C–C–N with tert-alkyl or cyclic N) is 1. The van der Waals surface area contributed by atoms with Crippen molar-refractivity contribution in [2.45, 2.75) is 84.5 Å². The molecule has 0 fully saturated rings. The van der Waals surface area contributed by atoms with Crippen molar-refractivity contribution >= 4 is 12.0 Å². The fourth-order valence-corrected chi connectivity index (χ4v) is 5.41. The van der Waals surface area contributed by atoms with E-state index in [1.807, 2.05) is 31.2 Å². The molecule has 0 saturated carbocycles. The summed E-state index contributed by atoms with van der Waals surface area (Å²) < 4.78 is 11.3. The van der Waals surface area contributed by atoms with Crippen LogP contribution in [0.3, 0.4) is 0 Å². The maximum atomic E-state index is 11.9. The van der Waals surface area contributed by atoms with E-state index in [0.717, 1.165) is 48.8 Å². The van der Waals surface area contributed by atoms with Gasteiger partial charge < -0.3 is 19.9 Å². The summed E-state index contributed by atoms with van der Waals surface area (Å²) in [4.78, 5) is 11.9. The largest absolute Gasteiger partial charge is 0.463 e. The van der Waals surface area contributed by atoms with Gasteiger partial charge in [-0.3, -0.25) is 0 Å². The standard InChI is InChI=1S/C32H45NO4/c1-6-11-30(29-15-10-12-23(3)28(29)16-17-31(35)36-7-2)37-22-27(34)21-33-32(4,5)20-24-18-25-13-8-9-14-26(25)19-24/h8-10,12-17,24,27,30,33-34H,6-7,11,18-22H2,1-5H3/t27-,30-/m1/s1. The second kappa shape index (κ2) is 13.9. The molecule has 0 spiro atoms. The number of ether oxygens (including phenoxy) is 2. The average Bonchev–Trinajstić information content (AvgIpc) is 3.26. The monoisotopic (exact) mass is 507 g/mol. The van der Waals surface area contributed by atoms with Crippen molar-refractivity contribution < 1.29 is 19.4 Å². The van der Waals surface area contributed by atoms with Gasteiger partial charge in [0.05, 0.1) is 25.4 Å². The zero-order valence-corrected chi connectivity index (χ0v) is 23.3. The highest BCUT2D eigenvalue weighted by atomic mass is 16.5. The van der Waals surface area contributed by atoms with Crippen LogP contribution >= 0.6 is 0 Å². The molecule has 0 amide bonds. The highest BCUT2D eigenvalue weighted by Crippen LogP contribution is 2.32. The first-order valence-electron chi connectivity index (χ1n) is 13.8. The van der Waals surface area contributed by atoms with Gasteiger partial charge in [-0.05, 0) is 93.2 Å². The number of rotatable bonds is 14. The van der Waals surface area contributed by atoms with Gasteiger partial charge in [0, 0.05) is 18.2 Å². The molecule has 5 heteroatoms. The van der Waals surface area contributed by atoms with Crippen molar-refractivity contribution in [3.8, 4) is 0 Å². The van der Waals surface area contributed by atoms with E-state index in [2.05, 4.69) is 50.4 Å². The van der Waals surface area contributed by atoms with Crippen LogP contribution in [0.1, 0.15) is 80.9 Å². The molecule has 1 aliphatic rings. The van der Waals surface area contributed by atoms with Crippen LogP contribution in [0.15, 0.2) is 48.5 Å². The molecule has 0 heterocycles. The molecule has 0 aliphatic heterocycles. The molecule has 2 aromatic rings. The van der Waals surface area contributed by atoms with Crippen molar-refractivity contribution in [3.05, 3.63) is 76.4 Å². The number of hydrogen-bond donors (Lipinski definition) is 2. The van der Waals surface area contributed by atoms with Crippen LogP contribution in [0.5, 0.6) is 0 Å². The number of carbonyl (C=O) groups excluding carboxylic acids is 1. The molecule has 2 N–H and O–H groups in total. The normalized spacial score (nSPS) is 15.6. The third kappa shape index (κ3) is 8.80.